The van der Waals surface area contributed by atoms with Crippen LogP contribution in [0.3, 0.4) is 0 Å². The highest BCUT2D eigenvalue weighted by Crippen LogP contribution is 2.38. The average molecular weight is 330 g/mol. The van der Waals surface area contributed by atoms with E-state index in [0.29, 0.717) is 12.3 Å². The van der Waals surface area contributed by atoms with E-state index in [-0.39, 0.29) is 0 Å². The predicted octanol–water partition coefficient (Wildman–Crippen LogP) is 3.32. The number of nitrogens with one attached hydrogen (secondary N) is 1. The summed E-state index contributed by atoms with van der Waals surface area (Å²) < 4.78 is 1.88. The molecule has 0 saturated heterocycles. The molecule has 0 radical (unpaired) electrons. The lowest BCUT2D eigenvalue weighted by Crippen LogP contribution is -2.05. The van der Waals surface area contributed by atoms with E-state index >= 15 is 0 Å². The molecular weight excluding hydrogens is 312 g/mol. The van der Waals surface area contributed by atoms with E-state index in [0.717, 1.165) is 34.3 Å². The van der Waals surface area contributed by atoms with Crippen LogP contribution >= 0.6 is 0 Å². The minimum atomic E-state index is 0.515. The molecule has 0 atom stereocenters. The quantitative estimate of drug-likeness (QED) is 0.623. The van der Waals surface area contributed by atoms with Gasteiger partial charge in [0.25, 0.3) is 0 Å². The third kappa shape index (κ3) is 2.69. The van der Waals surface area contributed by atoms with E-state index in [1.54, 1.807) is 6.20 Å². The Morgan fingerprint density at radius 1 is 1.16 bits per heavy atom. The Morgan fingerprint density at radius 3 is 2.88 bits per heavy atom. The second-order valence-electron chi connectivity index (χ2n) is 6.61. The fourth-order valence-corrected chi connectivity index (χ4v) is 3.13. The van der Waals surface area contributed by atoms with Crippen LogP contribution in [-0.4, -0.2) is 29.7 Å². The van der Waals surface area contributed by atoms with Crippen LogP contribution in [0.2, 0.25) is 0 Å². The molecule has 6 heteroatoms. The zero-order chi connectivity index (χ0) is 16.8. The zero-order valence-electron chi connectivity index (χ0n) is 14.0. The van der Waals surface area contributed by atoms with Gasteiger partial charge in [-0.15, -0.1) is 5.10 Å². The summed E-state index contributed by atoms with van der Waals surface area (Å²) >= 11 is 0. The van der Waals surface area contributed by atoms with E-state index in [1.165, 1.54) is 18.4 Å². The van der Waals surface area contributed by atoms with Gasteiger partial charge in [-0.25, -0.2) is 15.0 Å². The molecule has 1 aliphatic carbocycles. The van der Waals surface area contributed by atoms with Crippen LogP contribution in [-0.2, 0) is 6.42 Å². The molecule has 4 aromatic rings. The van der Waals surface area contributed by atoms with E-state index in [4.69, 9.17) is 10.1 Å². The number of fused-ring (bicyclic) bond motifs is 1. The maximum Gasteiger partial charge on any atom is 0.155 e. The summed E-state index contributed by atoms with van der Waals surface area (Å²) in [4.78, 5) is 17.0. The fourth-order valence-electron chi connectivity index (χ4n) is 3.13. The number of nitrogens with zero attached hydrogens (tertiary/aromatic N) is 5. The smallest absolute Gasteiger partial charge is 0.155 e. The van der Waals surface area contributed by atoms with Crippen molar-refractivity contribution in [1.29, 1.82) is 0 Å². The molecule has 0 amide bonds. The van der Waals surface area contributed by atoms with Gasteiger partial charge < -0.3 is 4.98 Å². The number of aryl methyl sites for hydroxylation is 1. The fraction of sp³-hybridized carbons (Fsp3) is 0.263. The molecule has 1 fully saturated rings. The highest BCUT2D eigenvalue weighted by atomic mass is 15.4. The van der Waals surface area contributed by atoms with Crippen LogP contribution in [0.5, 0.6) is 0 Å². The van der Waals surface area contributed by atoms with E-state index < -0.39 is 0 Å². The monoisotopic (exact) mass is 330 g/mol. The molecule has 124 valence electrons. The lowest BCUT2D eigenvalue weighted by Gasteiger charge is -2.05. The number of rotatable bonds is 4. The minimum absolute atomic E-state index is 0.515. The Labute approximate surface area is 145 Å². The molecule has 3 aromatic heterocycles. The Hall–Kier alpha value is -3.02. The molecule has 5 rings (SSSR count). The van der Waals surface area contributed by atoms with Crippen LogP contribution in [0, 0.1) is 6.92 Å². The maximum atomic E-state index is 4.82. The first-order chi connectivity index (χ1) is 12.3. The van der Waals surface area contributed by atoms with Crippen LogP contribution in [0.25, 0.3) is 16.9 Å². The van der Waals surface area contributed by atoms with Crippen molar-refractivity contribution in [2.24, 2.45) is 0 Å². The molecule has 1 N–H and O–H groups in total. The van der Waals surface area contributed by atoms with Crippen molar-refractivity contribution in [1.82, 2.24) is 29.7 Å². The van der Waals surface area contributed by atoms with Gasteiger partial charge in [0.2, 0.25) is 0 Å². The van der Waals surface area contributed by atoms with Crippen LogP contribution in [0.1, 0.15) is 41.8 Å². The molecular formula is C19H18N6. The number of benzene rings is 1. The lowest BCUT2D eigenvalue weighted by atomic mass is 10.1. The van der Waals surface area contributed by atoms with E-state index in [9.17, 15) is 0 Å². The number of imidazole rings is 1. The van der Waals surface area contributed by atoms with E-state index in [2.05, 4.69) is 33.2 Å². The van der Waals surface area contributed by atoms with Gasteiger partial charge in [0.15, 0.2) is 11.6 Å². The summed E-state index contributed by atoms with van der Waals surface area (Å²) in [6.45, 7) is 1.97. The van der Waals surface area contributed by atoms with Crippen molar-refractivity contribution in [2.75, 3.05) is 0 Å². The molecule has 6 nitrogen and oxygen atoms in total. The summed E-state index contributed by atoms with van der Waals surface area (Å²) in [6.07, 6.45) is 4.87. The molecule has 0 bridgehead atoms. The summed E-state index contributed by atoms with van der Waals surface area (Å²) in [5.74, 6) is 4.13. The number of hydrogen-bond acceptors (Lipinski definition) is 4. The molecule has 25 heavy (non-hydrogen) atoms. The SMILES string of the molecule is Cc1nc2ccc(Cc3nc(C4CC4)nn3-c3ccccn3)cc2[nH]1. The van der Waals surface area contributed by atoms with Crippen LogP contribution < -0.4 is 0 Å². The second-order valence-corrected chi connectivity index (χ2v) is 6.61. The number of pyridine rings is 1. The molecule has 1 aromatic carbocycles. The molecule has 0 spiro atoms. The Balaban J connectivity index is 1.55. The van der Waals surface area contributed by atoms with Gasteiger partial charge in [0.05, 0.1) is 11.0 Å². The number of hydrogen-bond donors (Lipinski definition) is 1. The Bertz CT molecular complexity index is 1040. The topological polar surface area (TPSA) is 72.3 Å². The van der Waals surface area contributed by atoms with Crippen molar-refractivity contribution in [2.45, 2.75) is 32.1 Å². The summed E-state index contributed by atoms with van der Waals surface area (Å²) in [5.41, 5.74) is 3.23. The average Bonchev–Trinajstić information content (AvgIpc) is 3.29. The molecule has 3 heterocycles. The maximum absolute atomic E-state index is 4.82. The normalized spacial score (nSPS) is 14.3. The highest BCUT2D eigenvalue weighted by molar-refractivity contribution is 5.75. The third-order valence-corrected chi connectivity index (χ3v) is 4.53. The van der Waals surface area contributed by atoms with Crippen molar-refractivity contribution < 1.29 is 0 Å². The second kappa shape index (κ2) is 5.51. The molecule has 0 unspecified atom stereocenters. The van der Waals surface area contributed by atoms with E-state index in [1.807, 2.05) is 29.8 Å². The van der Waals surface area contributed by atoms with Gasteiger partial charge in [-0.05, 0) is 49.6 Å². The summed E-state index contributed by atoms with van der Waals surface area (Å²) in [5, 5.41) is 4.73. The first kappa shape index (κ1) is 14.3. The zero-order valence-corrected chi connectivity index (χ0v) is 14.0. The number of aromatic nitrogens is 6. The first-order valence-corrected chi connectivity index (χ1v) is 8.59. The van der Waals surface area contributed by atoms with Gasteiger partial charge in [-0.2, -0.15) is 4.68 Å². The van der Waals surface area contributed by atoms with Gasteiger partial charge in [-0.1, -0.05) is 12.1 Å². The van der Waals surface area contributed by atoms with Crippen LogP contribution in [0.15, 0.2) is 42.6 Å². The van der Waals surface area contributed by atoms with Crippen LogP contribution in [0.4, 0.5) is 0 Å². The standard InChI is InChI=1S/C19H18N6/c1-12-21-15-8-5-13(10-16(15)22-12)11-18-23-19(14-6-7-14)24-25(18)17-4-2-3-9-20-17/h2-5,8-10,14H,6-7,11H2,1H3,(H,21,22). The van der Waals surface area contributed by atoms with Gasteiger partial charge in [0.1, 0.15) is 11.6 Å². The number of H-pyrrole nitrogens is 1. The van der Waals surface area contributed by atoms with Crippen molar-refractivity contribution in [3.8, 4) is 5.82 Å². The first-order valence-electron chi connectivity index (χ1n) is 8.59. The summed E-state index contributed by atoms with van der Waals surface area (Å²) in [6, 6.07) is 12.2. The molecule has 1 saturated carbocycles. The van der Waals surface area contributed by atoms with Gasteiger partial charge in [0, 0.05) is 18.5 Å². The lowest BCUT2D eigenvalue weighted by molar-refractivity contribution is 0.775. The van der Waals surface area contributed by atoms with Crippen molar-refractivity contribution in [3.05, 3.63) is 65.6 Å². The minimum Gasteiger partial charge on any atom is -0.342 e. The summed E-state index contributed by atoms with van der Waals surface area (Å²) in [7, 11) is 0. The molecule has 1 aliphatic rings. The predicted molar refractivity (Wildman–Crippen MR) is 94.8 cm³/mol. The number of aromatic amines is 1. The largest absolute Gasteiger partial charge is 0.342 e. The van der Waals surface area contributed by atoms with Crippen molar-refractivity contribution in [3.63, 3.8) is 0 Å². The van der Waals surface area contributed by atoms with Gasteiger partial charge >= 0.3 is 0 Å². The third-order valence-electron chi connectivity index (χ3n) is 4.53. The Morgan fingerprint density at radius 2 is 2.08 bits per heavy atom. The molecule has 0 aliphatic heterocycles. The highest BCUT2D eigenvalue weighted by Gasteiger charge is 2.29. The Kier molecular flexibility index (Phi) is 3.16. The van der Waals surface area contributed by atoms with Gasteiger partial charge in [-0.3, -0.25) is 0 Å². The van der Waals surface area contributed by atoms with Crippen molar-refractivity contribution >= 4 is 11.0 Å².